The minimum absolute atomic E-state index is 0.0543. The highest BCUT2D eigenvalue weighted by molar-refractivity contribution is 6.39. The van der Waals surface area contributed by atoms with E-state index in [0.29, 0.717) is 0 Å². The molecule has 0 bridgehead atoms. The van der Waals surface area contributed by atoms with Gasteiger partial charge in [-0.2, -0.15) is 0 Å². The molecule has 0 saturated heterocycles. The summed E-state index contributed by atoms with van der Waals surface area (Å²) in [6, 6.07) is 3.04. The van der Waals surface area contributed by atoms with E-state index in [1.807, 2.05) is 0 Å². The maximum absolute atomic E-state index is 13.6. The van der Waals surface area contributed by atoms with Crippen LogP contribution in [0, 0.1) is 5.82 Å². The van der Waals surface area contributed by atoms with E-state index in [1.54, 1.807) is 20.8 Å². The number of rotatable bonds is 3. The van der Waals surface area contributed by atoms with Gasteiger partial charge in [-0.25, -0.2) is 14.0 Å². The van der Waals surface area contributed by atoms with Crippen LogP contribution >= 0.6 is 0 Å². The Kier molecular flexibility index (Phi) is 4.44. The van der Waals surface area contributed by atoms with Gasteiger partial charge in [-0.15, -0.1) is 0 Å². The first kappa shape index (κ1) is 15.6. The molecule has 0 unspecified atom stereocenters. The van der Waals surface area contributed by atoms with E-state index in [2.05, 4.69) is 5.32 Å². The van der Waals surface area contributed by atoms with E-state index < -0.39 is 34.8 Å². The molecule has 1 aromatic rings. The number of carboxylic acid groups (broad SMARTS) is 1. The number of carbonyl (C=O) groups is 3. The zero-order valence-corrected chi connectivity index (χ0v) is 11.2. The fourth-order valence-electron chi connectivity index (χ4n) is 1.31. The summed E-state index contributed by atoms with van der Waals surface area (Å²) < 4.78 is 18.5. The molecular formula is C13H14FNO5. The van der Waals surface area contributed by atoms with Gasteiger partial charge in [0.25, 0.3) is 5.78 Å². The number of hydrogen-bond acceptors (Lipinski definition) is 4. The molecule has 0 saturated carbocycles. The molecule has 0 radical (unpaired) electrons. The predicted octanol–water partition coefficient (Wildman–Crippen LogP) is 2.44. The Morgan fingerprint density at radius 1 is 1.25 bits per heavy atom. The molecule has 2 N–H and O–H groups in total. The second-order valence-corrected chi connectivity index (χ2v) is 4.96. The van der Waals surface area contributed by atoms with Gasteiger partial charge in [0, 0.05) is 5.69 Å². The van der Waals surface area contributed by atoms with Gasteiger partial charge in [0.2, 0.25) is 0 Å². The lowest BCUT2D eigenvalue weighted by Gasteiger charge is -2.19. The fraction of sp³-hybridized carbons (Fsp3) is 0.308. The van der Waals surface area contributed by atoms with E-state index in [9.17, 15) is 18.8 Å². The number of aliphatic carboxylic acids is 1. The summed E-state index contributed by atoms with van der Waals surface area (Å²) in [7, 11) is 0. The molecule has 0 fully saturated rings. The van der Waals surface area contributed by atoms with Crippen LogP contribution in [0.5, 0.6) is 0 Å². The summed E-state index contributed by atoms with van der Waals surface area (Å²) in [6.45, 7) is 5.01. The molecule has 0 heterocycles. The number of hydrogen-bond donors (Lipinski definition) is 2. The van der Waals surface area contributed by atoms with Crippen molar-refractivity contribution in [3.63, 3.8) is 0 Å². The molecule has 108 valence electrons. The number of carbonyl (C=O) groups excluding carboxylic acids is 2. The SMILES string of the molecule is CC(C)(C)OC(=O)Nc1ccc(C(=O)C(=O)O)c(F)c1. The quantitative estimate of drug-likeness (QED) is 0.656. The molecule has 0 atom stereocenters. The number of Topliss-reactive ketones (excluding diaryl/α,β-unsaturated/α-hetero) is 1. The topological polar surface area (TPSA) is 92.7 Å². The molecule has 0 aliphatic heterocycles. The van der Waals surface area contributed by atoms with Gasteiger partial charge in [-0.1, -0.05) is 0 Å². The van der Waals surface area contributed by atoms with Gasteiger partial charge in [0.1, 0.15) is 11.4 Å². The Balaban J connectivity index is 2.86. The number of ether oxygens (including phenoxy) is 1. The third kappa shape index (κ3) is 4.34. The second-order valence-electron chi connectivity index (χ2n) is 4.96. The average Bonchev–Trinajstić information content (AvgIpc) is 2.25. The Morgan fingerprint density at radius 2 is 1.85 bits per heavy atom. The highest BCUT2D eigenvalue weighted by atomic mass is 19.1. The zero-order chi connectivity index (χ0) is 15.5. The van der Waals surface area contributed by atoms with Gasteiger partial charge in [-0.3, -0.25) is 10.1 Å². The summed E-state index contributed by atoms with van der Waals surface area (Å²) in [6.07, 6.45) is -0.783. The molecule has 0 aromatic heterocycles. The van der Waals surface area contributed by atoms with Crippen LogP contribution in [0.25, 0.3) is 0 Å². The summed E-state index contributed by atoms with van der Waals surface area (Å²) >= 11 is 0. The van der Waals surface area contributed by atoms with E-state index in [-0.39, 0.29) is 5.69 Å². The van der Waals surface area contributed by atoms with Crippen LogP contribution in [-0.2, 0) is 9.53 Å². The lowest BCUT2D eigenvalue weighted by molar-refractivity contribution is -0.131. The number of carboxylic acids is 1. The molecule has 7 heteroatoms. The Morgan fingerprint density at radius 3 is 2.30 bits per heavy atom. The Hall–Kier alpha value is -2.44. The van der Waals surface area contributed by atoms with Crippen LogP contribution in [-0.4, -0.2) is 28.6 Å². The predicted molar refractivity (Wildman–Crippen MR) is 68.2 cm³/mol. The van der Waals surface area contributed by atoms with E-state index in [0.717, 1.165) is 12.1 Å². The molecule has 20 heavy (non-hydrogen) atoms. The largest absolute Gasteiger partial charge is 0.475 e. The van der Waals surface area contributed by atoms with Crippen LogP contribution in [0.3, 0.4) is 0 Å². The number of amides is 1. The maximum atomic E-state index is 13.6. The van der Waals surface area contributed by atoms with Gasteiger partial charge in [-0.05, 0) is 39.0 Å². The minimum Gasteiger partial charge on any atom is -0.475 e. The van der Waals surface area contributed by atoms with Crippen molar-refractivity contribution in [2.45, 2.75) is 26.4 Å². The molecule has 0 aliphatic carbocycles. The third-order valence-electron chi connectivity index (χ3n) is 2.05. The van der Waals surface area contributed by atoms with Crippen LogP contribution in [0.1, 0.15) is 31.1 Å². The smallest absolute Gasteiger partial charge is 0.412 e. The first-order valence-electron chi connectivity index (χ1n) is 5.67. The van der Waals surface area contributed by atoms with Gasteiger partial charge in [0.15, 0.2) is 0 Å². The van der Waals surface area contributed by atoms with Gasteiger partial charge >= 0.3 is 12.1 Å². The van der Waals surface area contributed by atoms with Gasteiger partial charge < -0.3 is 9.84 Å². The summed E-state index contributed by atoms with van der Waals surface area (Å²) in [5.41, 5.74) is -1.23. The number of nitrogens with one attached hydrogen (secondary N) is 1. The number of benzene rings is 1. The van der Waals surface area contributed by atoms with Gasteiger partial charge in [0.05, 0.1) is 5.56 Å². The van der Waals surface area contributed by atoms with Crippen molar-refractivity contribution in [3.8, 4) is 0 Å². The molecule has 0 spiro atoms. The van der Waals surface area contributed by atoms with Crippen LogP contribution in [0.15, 0.2) is 18.2 Å². The highest BCUT2D eigenvalue weighted by Crippen LogP contribution is 2.16. The van der Waals surface area contributed by atoms with E-state index in [1.165, 1.54) is 6.07 Å². The first-order valence-corrected chi connectivity index (χ1v) is 5.67. The maximum Gasteiger partial charge on any atom is 0.412 e. The lowest BCUT2D eigenvalue weighted by atomic mass is 10.1. The average molecular weight is 283 g/mol. The molecule has 1 aromatic carbocycles. The second kappa shape index (κ2) is 5.68. The van der Waals surface area contributed by atoms with Crippen molar-refractivity contribution in [2.24, 2.45) is 0 Å². The summed E-state index contributed by atoms with van der Waals surface area (Å²) in [5, 5.41) is 10.8. The fourth-order valence-corrected chi connectivity index (χ4v) is 1.31. The van der Waals surface area contributed by atoms with Crippen molar-refractivity contribution >= 4 is 23.5 Å². The van der Waals surface area contributed by atoms with Crippen molar-refractivity contribution in [2.75, 3.05) is 5.32 Å². The molecule has 1 amide bonds. The van der Waals surface area contributed by atoms with Crippen LogP contribution in [0.4, 0.5) is 14.9 Å². The standard InChI is InChI=1S/C13H14FNO5/c1-13(2,3)20-12(19)15-7-4-5-8(9(14)6-7)10(16)11(17)18/h4-6H,1-3H3,(H,15,19)(H,17,18). The summed E-state index contributed by atoms with van der Waals surface area (Å²) in [5.74, 6) is -4.14. The van der Waals surface area contributed by atoms with Crippen molar-refractivity contribution in [1.29, 1.82) is 0 Å². The first-order chi connectivity index (χ1) is 9.10. The third-order valence-corrected chi connectivity index (χ3v) is 2.05. The van der Waals surface area contributed by atoms with Crippen molar-refractivity contribution in [3.05, 3.63) is 29.6 Å². The molecule has 0 aliphatic rings. The molecule has 1 rings (SSSR count). The zero-order valence-electron chi connectivity index (χ0n) is 11.2. The Bertz CT molecular complexity index is 562. The lowest BCUT2D eigenvalue weighted by Crippen LogP contribution is -2.27. The van der Waals surface area contributed by atoms with E-state index in [4.69, 9.17) is 9.84 Å². The molecule has 6 nitrogen and oxygen atoms in total. The number of halogens is 1. The number of anilines is 1. The number of ketones is 1. The molecular weight excluding hydrogens is 269 g/mol. The van der Waals surface area contributed by atoms with Crippen LogP contribution < -0.4 is 5.32 Å². The van der Waals surface area contributed by atoms with Crippen molar-refractivity contribution < 1.29 is 28.6 Å². The van der Waals surface area contributed by atoms with Crippen LogP contribution in [0.2, 0.25) is 0 Å². The van der Waals surface area contributed by atoms with E-state index >= 15 is 0 Å². The monoisotopic (exact) mass is 283 g/mol. The normalized spacial score (nSPS) is 10.8. The minimum atomic E-state index is -1.75. The summed E-state index contributed by atoms with van der Waals surface area (Å²) in [4.78, 5) is 33.0. The highest BCUT2D eigenvalue weighted by Gasteiger charge is 2.20. The van der Waals surface area contributed by atoms with Crippen molar-refractivity contribution in [1.82, 2.24) is 0 Å². The Labute approximate surface area is 114 Å².